The minimum atomic E-state index is -0.368. The van der Waals surface area contributed by atoms with Crippen molar-refractivity contribution in [1.82, 2.24) is 0 Å². The van der Waals surface area contributed by atoms with Crippen LogP contribution in [0.3, 0.4) is 0 Å². The summed E-state index contributed by atoms with van der Waals surface area (Å²) in [6, 6.07) is 19.2. The monoisotopic (exact) mass is 253 g/mol. The lowest BCUT2D eigenvalue weighted by molar-refractivity contribution is -0.139. The molecule has 0 unspecified atom stereocenters. The highest BCUT2D eigenvalue weighted by Gasteiger charge is 1.97. The summed E-state index contributed by atoms with van der Waals surface area (Å²) in [6.07, 6.45) is 2.94. The molecule has 1 N–H and O–H groups in total. The molecule has 0 aliphatic heterocycles. The molecule has 3 heteroatoms. The number of anilines is 1. The molecule has 0 fully saturated rings. The topological polar surface area (TPSA) is 38.3 Å². The van der Waals surface area contributed by atoms with Gasteiger partial charge in [0, 0.05) is 18.0 Å². The smallest absolute Gasteiger partial charge is 0.332 e. The van der Waals surface area contributed by atoms with E-state index in [1.54, 1.807) is 6.20 Å². The zero-order valence-electron chi connectivity index (χ0n) is 10.5. The van der Waals surface area contributed by atoms with E-state index in [1.165, 1.54) is 6.08 Å². The molecule has 0 spiro atoms. The molecule has 0 saturated carbocycles. The summed E-state index contributed by atoms with van der Waals surface area (Å²) in [4.78, 5) is 11.5. The van der Waals surface area contributed by atoms with Gasteiger partial charge in [0.2, 0.25) is 0 Å². The lowest BCUT2D eigenvalue weighted by Crippen LogP contribution is -2.01. The van der Waals surface area contributed by atoms with Gasteiger partial charge >= 0.3 is 5.97 Å². The lowest BCUT2D eigenvalue weighted by atomic mass is 10.2. The first kappa shape index (κ1) is 12.9. The normalized spacial score (nSPS) is 10.3. The summed E-state index contributed by atoms with van der Waals surface area (Å²) in [6.45, 7) is 0.287. The Morgan fingerprint density at radius 2 is 1.63 bits per heavy atom. The van der Waals surface area contributed by atoms with Gasteiger partial charge in [-0.2, -0.15) is 0 Å². The van der Waals surface area contributed by atoms with E-state index in [0.29, 0.717) is 0 Å². The maximum absolute atomic E-state index is 11.5. The molecule has 3 nitrogen and oxygen atoms in total. The van der Waals surface area contributed by atoms with Gasteiger partial charge in [-0.1, -0.05) is 48.5 Å². The quantitative estimate of drug-likeness (QED) is 0.656. The number of carbonyl (C=O) groups is 1. The van der Waals surface area contributed by atoms with Crippen LogP contribution in [-0.4, -0.2) is 5.97 Å². The molecule has 0 aliphatic carbocycles. The molecule has 0 atom stereocenters. The zero-order valence-corrected chi connectivity index (χ0v) is 10.5. The van der Waals surface area contributed by atoms with E-state index in [0.717, 1.165) is 11.3 Å². The fourth-order valence-electron chi connectivity index (χ4n) is 1.52. The summed E-state index contributed by atoms with van der Waals surface area (Å²) in [7, 11) is 0. The second kappa shape index (κ2) is 7.01. The largest absolute Gasteiger partial charge is 0.458 e. The van der Waals surface area contributed by atoms with Gasteiger partial charge < -0.3 is 10.1 Å². The van der Waals surface area contributed by atoms with Crippen LogP contribution in [0.15, 0.2) is 72.9 Å². The molecule has 0 heterocycles. The molecule has 2 aromatic rings. The zero-order chi connectivity index (χ0) is 13.3. The van der Waals surface area contributed by atoms with E-state index in [9.17, 15) is 4.79 Å². The van der Waals surface area contributed by atoms with Crippen LogP contribution in [0.4, 0.5) is 5.69 Å². The maximum Gasteiger partial charge on any atom is 0.332 e. The van der Waals surface area contributed by atoms with Crippen LogP contribution in [0.25, 0.3) is 0 Å². The van der Waals surface area contributed by atoms with Crippen LogP contribution in [0, 0.1) is 0 Å². The Hall–Kier alpha value is -2.55. The molecule has 0 saturated heterocycles. The van der Waals surface area contributed by atoms with Crippen molar-refractivity contribution >= 4 is 11.7 Å². The molecule has 96 valence electrons. The van der Waals surface area contributed by atoms with E-state index in [-0.39, 0.29) is 12.6 Å². The van der Waals surface area contributed by atoms with Crippen LogP contribution in [-0.2, 0) is 16.1 Å². The second-order valence-electron chi connectivity index (χ2n) is 3.94. The summed E-state index contributed by atoms with van der Waals surface area (Å²) in [5.74, 6) is -0.368. The molecule has 0 amide bonds. The number of ether oxygens (including phenoxy) is 1. The van der Waals surface area contributed by atoms with Crippen molar-refractivity contribution in [3.05, 3.63) is 78.5 Å². The predicted octanol–water partition coefficient (Wildman–Crippen LogP) is 3.36. The molecular formula is C16H15NO2. The van der Waals surface area contributed by atoms with Crippen LogP contribution in [0.5, 0.6) is 0 Å². The van der Waals surface area contributed by atoms with Crippen LogP contribution in [0.1, 0.15) is 5.56 Å². The summed E-state index contributed by atoms with van der Waals surface area (Å²) in [5.41, 5.74) is 1.90. The first-order valence-corrected chi connectivity index (χ1v) is 6.03. The van der Waals surface area contributed by atoms with E-state index in [1.807, 2.05) is 60.7 Å². The van der Waals surface area contributed by atoms with E-state index < -0.39 is 0 Å². The van der Waals surface area contributed by atoms with E-state index in [4.69, 9.17) is 4.74 Å². The van der Waals surface area contributed by atoms with Crippen molar-refractivity contribution in [3.8, 4) is 0 Å². The third kappa shape index (κ3) is 4.68. The van der Waals surface area contributed by atoms with Gasteiger partial charge in [0.15, 0.2) is 0 Å². The molecule has 2 rings (SSSR count). The minimum absolute atomic E-state index is 0.287. The summed E-state index contributed by atoms with van der Waals surface area (Å²) < 4.78 is 5.10. The van der Waals surface area contributed by atoms with Gasteiger partial charge in [-0.25, -0.2) is 4.79 Å². The summed E-state index contributed by atoms with van der Waals surface area (Å²) in [5, 5.41) is 2.99. The van der Waals surface area contributed by atoms with Crippen molar-refractivity contribution in [2.75, 3.05) is 5.32 Å². The molecule has 0 aliphatic rings. The third-order valence-corrected chi connectivity index (χ3v) is 2.47. The molecule has 0 radical (unpaired) electrons. The highest BCUT2D eigenvalue weighted by atomic mass is 16.5. The van der Waals surface area contributed by atoms with E-state index in [2.05, 4.69) is 5.32 Å². The van der Waals surface area contributed by atoms with Gasteiger partial charge in [-0.15, -0.1) is 0 Å². The number of nitrogens with one attached hydrogen (secondary N) is 1. The standard InChI is InChI=1S/C16H15NO2/c18-16(19-13-14-7-3-1-4-8-14)11-12-17-15-9-5-2-6-10-15/h1-12,17H,13H2/b12-11+. The Morgan fingerprint density at radius 1 is 1.00 bits per heavy atom. The van der Waals surface area contributed by atoms with Gasteiger partial charge in [0.25, 0.3) is 0 Å². The first-order chi connectivity index (χ1) is 9.34. The Labute approximate surface area is 112 Å². The Balaban J connectivity index is 1.75. The van der Waals surface area contributed by atoms with Crippen LogP contribution in [0.2, 0.25) is 0 Å². The number of rotatable bonds is 5. The van der Waals surface area contributed by atoms with Crippen molar-refractivity contribution in [1.29, 1.82) is 0 Å². The maximum atomic E-state index is 11.5. The van der Waals surface area contributed by atoms with Crippen molar-refractivity contribution in [3.63, 3.8) is 0 Å². The van der Waals surface area contributed by atoms with Gasteiger partial charge in [-0.05, 0) is 17.7 Å². The second-order valence-corrected chi connectivity index (χ2v) is 3.94. The van der Waals surface area contributed by atoms with Crippen molar-refractivity contribution < 1.29 is 9.53 Å². The number of hydrogen-bond donors (Lipinski definition) is 1. The minimum Gasteiger partial charge on any atom is -0.458 e. The first-order valence-electron chi connectivity index (χ1n) is 6.03. The number of carbonyl (C=O) groups excluding carboxylic acids is 1. The number of para-hydroxylation sites is 1. The number of benzene rings is 2. The van der Waals surface area contributed by atoms with Gasteiger partial charge in [0.1, 0.15) is 6.61 Å². The molecule has 0 aromatic heterocycles. The van der Waals surface area contributed by atoms with Crippen molar-refractivity contribution in [2.45, 2.75) is 6.61 Å². The predicted molar refractivity (Wildman–Crippen MR) is 75.4 cm³/mol. The lowest BCUT2D eigenvalue weighted by Gasteiger charge is -2.02. The highest BCUT2D eigenvalue weighted by molar-refractivity contribution is 5.82. The average Bonchev–Trinajstić information content (AvgIpc) is 2.47. The van der Waals surface area contributed by atoms with Crippen LogP contribution >= 0.6 is 0 Å². The fourth-order valence-corrected chi connectivity index (χ4v) is 1.52. The van der Waals surface area contributed by atoms with Crippen molar-refractivity contribution in [2.24, 2.45) is 0 Å². The fraction of sp³-hybridized carbons (Fsp3) is 0.0625. The Kier molecular flexibility index (Phi) is 4.76. The Bertz CT molecular complexity index is 535. The Morgan fingerprint density at radius 3 is 2.32 bits per heavy atom. The van der Waals surface area contributed by atoms with E-state index >= 15 is 0 Å². The summed E-state index contributed by atoms with van der Waals surface area (Å²) >= 11 is 0. The SMILES string of the molecule is O=C(/C=C/Nc1ccccc1)OCc1ccccc1. The number of esters is 1. The average molecular weight is 253 g/mol. The van der Waals surface area contributed by atoms with Crippen LogP contribution < -0.4 is 5.32 Å². The number of hydrogen-bond acceptors (Lipinski definition) is 3. The third-order valence-electron chi connectivity index (χ3n) is 2.47. The highest BCUT2D eigenvalue weighted by Crippen LogP contribution is 2.04. The molecule has 2 aromatic carbocycles. The molecular weight excluding hydrogens is 238 g/mol. The van der Waals surface area contributed by atoms with Gasteiger partial charge in [0.05, 0.1) is 0 Å². The molecule has 0 bridgehead atoms. The molecule has 19 heavy (non-hydrogen) atoms. The van der Waals surface area contributed by atoms with Gasteiger partial charge in [-0.3, -0.25) is 0 Å².